The number of carbonyl (C=O) groups excluding carboxylic acids is 2. The number of nitrogens with zero attached hydrogens (tertiary/aromatic N) is 1. The molecule has 0 radical (unpaired) electrons. The molecule has 0 saturated carbocycles. The first kappa shape index (κ1) is 26.5. The molecular weight excluding hydrogens is 504 g/mol. The van der Waals surface area contributed by atoms with Crippen molar-refractivity contribution in [3.63, 3.8) is 0 Å². The minimum absolute atomic E-state index is 0.0448. The van der Waals surface area contributed by atoms with Gasteiger partial charge in [0.2, 0.25) is 5.91 Å². The number of hydrogen-bond acceptors (Lipinski definition) is 3. The maximum Gasteiger partial charge on any atom is 0.261 e. The molecule has 1 atom stereocenters. The lowest BCUT2D eigenvalue weighted by molar-refractivity contribution is -0.143. The van der Waals surface area contributed by atoms with Crippen molar-refractivity contribution < 1.29 is 14.3 Å². The number of nitrogens with one attached hydrogen (secondary N) is 1. The van der Waals surface area contributed by atoms with Gasteiger partial charge >= 0.3 is 0 Å². The summed E-state index contributed by atoms with van der Waals surface area (Å²) in [6, 6.07) is 22.6. The lowest BCUT2D eigenvalue weighted by Crippen LogP contribution is -2.52. The molecule has 0 aliphatic heterocycles. The summed E-state index contributed by atoms with van der Waals surface area (Å²) in [6.45, 7) is 7.97. The van der Waals surface area contributed by atoms with E-state index >= 15 is 0 Å². The van der Waals surface area contributed by atoms with Crippen molar-refractivity contribution in [1.82, 2.24) is 10.2 Å². The lowest BCUT2D eigenvalue weighted by atomic mass is 10.0. The molecule has 0 fully saturated rings. The summed E-state index contributed by atoms with van der Waals surface area (Å²) in [6.07, 6.45) is 0.408. The van der Waals surface area contributed by atoms with E-state index in [2.05, 4.69) is 21.2 Å². The van der Waals surface area contributed by atoms with Gasteiger partial charge in [-0.1, -0.05) is 70.5 Å². The summed E-state index contributed by atoms with van der Waals surface area (Å²) in [7, 11) is 0. The normalized spacial score (nSPS) is 11.7. The third-order valence-electron chi connectivity index (χ3n) is 5.87. The molecule has 3 aromatic carbocycles. The number of ether oxygens (including phenoxy) is 1. The van der Waals surface area contributed by atoms with Crippen LogP contribution < -0.4 is 10.1 Å². The van der Waals surface area contributed by atoms with Crippen molar-refractivity contribution in [2.45, 2.75) is 52.7 Å². The smallest absolute Gasteiger partial charge is 0.261 e. The number of benzene rings is 3. The zero-order chi connectivity index (χ0) is 25.4. The van der Waals surface area contributed by atoms with Crippen LogP contribution in [-0.2, 0) is 22.6 Å². The molecule has 5 nitrogen and oxygen atoms in total. The monoisotopic (exact) mass is 536 g/mol. The molecule has 1 N–H and O–H groups in total. The van der Waals surface area contributed by atoms with Gasteiger partial charge in [-0.25, -0.2) is 0 Å². The molecule has 0 aliphatic carbocycles. The van der Waals surface area contributed by atoms with Crippen LogP contribution in [0, 0.1) is 13.8 Å². The Morgan fingerprint density at radius 2 is 1.60 bits per heavy atom. The molecule has 0 bridgehead atoms. The van der Waals surface area contributed by atoms with Gasteiger partial charge in [0, 0.05) is 23.5 Å². The summed E-state index contributed by atoms with van der Waals surface area (Å²) in [5.74, 6) is 0.253. The van der Waals surface area contributed by atoms with Crippen LogP contribution in [0.3, 0.4) is 0 Å². The largest absolute Gasteiger partial charge is 0.483 e. The molecule has 0 aliphatic rings. The zero-order valence-corrected chi connectivity index (χ0v) is 22.3. The van der Waals surface area contributed by atoms with Crippen molar-refractivity contribution in [3.05, 3.63) is 99.5 Å². The van der Waals surface area contributed by atoms with Crippen molar-refractivity contribution in [2.24, 2.45) is 0 Å². The van der Waals surface area contributed by atoms with Gasteiger partial charge in [-0.05, 0) is 68.1 Å². The van der Waals surface area contributed by atoms with Crippen LogP contribution in [0.5, 0.6) is 5.75 Å². The summed E-state index contributed by atoms with van der Waals surface area (Å²) in [5.41, 5.74) is 4.02. The van der Waals surface area contributed by atoms with Gasteiger partial charge in [-0.3, -0.25) is 9.59 Å². The quantitative estimate of drug-likeness (QED) is 0.366. The van der Waals surface area contributed by atoms with Gasteiger partial charge < -0.3 is 15.0 Å². The number of rotatable bonds is 10. The number of aryl methyl sites for hydroxylation is 1. The summed E-state index contributed by atoms with van der Waals surface area (Å²) < 4.78 is 6.90. The maximum atomic E-state index is 13.6. The highest BCUT2D eigenvalue weighted by atomic mass is 79.9. The van der Waals surface area contributed by atoms with Gasteiger partial charge in [0.25, 0.3) is 5.91 Å². The van der Waals surface area contributed by atoms with Gasteiger partial charge in [-0.2, -0.15) is 0 Å². The Labute approximate surface area is 216 Å². The van der Waals surface area contributed by atoms with Gasteiger partial charge in [-0.15, -0.1) is 0 Å². The van der Waals surface area contributed by atoms with E-state index in [1.54, 1.807) is 4.90 Å². The van der Waals surface area contributed by atoms with E-state index in [9.17, 15) is 9.59 Å². The maximum absolute atomic E-state index is 13.6. The topological polar surface area (TPSA) is 58.6 Å². The minimum atomic E-state index is -0.682. The summed E-state index contributed by atoms with van der Waals surface area (Å²) in [4.78, 5) is 28.6. The molecule has 184 valence electrons. The van der Waals surface area contributed by atoms with Crippen LogP contribution in [0.1, 0.15) is 36.1 Å². The van der Waals surface area contributed by atoms with Crippen molar-refractivity contribution >= 4 is 27.7 Å². The van der Waals surface area contributed by atoms with Crippen LogP contribution >= 0.6 is 15.9 Å². The van der Waals surface area contributed by atoms with Crippen LogP contribution in [0.4, 0.5) is 0 Å². The SMILES string of the molecule is Cc1cccc(OCC(=O)N(Cc2ccc(Br)cc2)C(Cc2ccccc2)C(=O)NC(C)C)c1C. The molecule has 0 aromatic heterocycles. The fourth-order valence-electron chi connectivity index (χ4n) is 3.82. The number of hydrogen-bond donors (Lipinski definition) is 1. The molecular formula is C29H33BrN2O3. The highest BCUT2D eigenvalue weighted by Gasteiger charge is 2.31. The molecule has 35 heavy (non-hydrogen) atoms. The summed E-state index contributed by atoms with van der Waals surface area (Å²) in [5, 5.41) is 3.00. The van der Waals surface area contributed by atoms with Gasteiger partial charge in [0.15, 0.2) is 6.61 Å². The predicted molar refractivity (Wildman–Crippen MR) is 143 cm³/mol. The van der Waals surface area contributed by atoms with E-state index in [-0.39, 0.29) is 24.5 Å². The lowest BCUT2D eigenvalue weighted by Gasteiger charge is -2.32. The van der Waals surface area contributed by atoms with Crippen LogP contribution in [0.25, 0.3) is 0 Å². The van der Waals surface area contributed by atoms with Crippen LogP contribution in [0.2, 0.25) is 0 Å². The summed E-state index contributed by atoms with van der Waals surface area (Å²) >= 11 is 3.46. The molecule has 0 spiro atoms. The first-order valence-electron chi connectivity index (χ1n) is 11.8. The van der Waals surface area contributed by atoms with Crippen molar-refractivity contribution in [1.29, 1.82) is 0 Å². The Morgan fingerprint density at radius 3 is 2.26 bits per heavy atom. The molecule has 0 heterocycles. The minimum Gasteiger partial charge on any atom is -0.483 e. The predicted octanol–water partition coefficient (Wildman–Crippen LogP) is 5.61. The van der Waals surface area contributed by atoms with Crippen molar-refractivity contribution in [2.75, 3.05) is 6.61 Å². The second-order valence-corrected chi connectivity index (χ2v) is 9.92. The number of amides is 2. The third kappa shape index (κ3) is 7.69. The molecule has 2 amide bonds. The van der Waals surface area contributed by atoms with E-state index in [1.807, 2.05) is 100 Å². The Morgan fingerprint density at radius 1 is 0.914 bits per heavy atom. The Hall–Kier alpha value is -3.12. The van der Waals surface area contributed by atoms with Gasteiger partial charge in [0.1, 0.15) is 11.8 Å². The molecule has 3 rings (SSSR count). The molecule has 0 saturated heterocycles. The van der Waals surface area contributed by atoms with Crippen molar-refractivity contribution in [3.8, 4) is 5.75 Å². The van der Waals surface area contributed by atoms with E-state index < -0.39 is 6.04 Å². The average molecular weight is 537 g/mol. The van der Waals surface area contributed by atoms with E-state index in [0.29, 0.717) is 18.7 Å². The Bertz CT molecular complexity index is 1130. The number of carbonyl (C=O) groups is 2. The fourth-order valence-corrected chi connectivity index (χ4v) is 4.09. The van der Waals surface area contributed by atoms with Crippen LogP contribution in [0.15, 0.2) is 77.3 Å². The molecule has 1 unspecified atom stereocenters. The molecule has 3 aromatic rings. The van der Waals surface area contributed by atoms with Gasteiger partial charge in [0.05, 0.1) is 0 Å². The Balaban J connectivity index is 1.92. The second-order valence-electron chi connectivity index (χ2n) is 9.00. The average Bonchev–Trinajstić information content (AvgIpc) is 2.83. The van der Waals surface area contributed by atoms with E-state index in [4.69, 9.17) is 4.74 Å². The first-order valence-corrected chi connectivity index (χ1v) is 12.6. The molecule has 6 heteroatoms. The van der Waals surface area contributed by atoms with E-state index in [0.717, 1.165) is 26.7 Å². The van der Waals surface area contributed by atoms with Crippen LogP contribution in [-0.4, -0.2) is 35.4 Å². The second kappa shape index (κ2) is 12.5. The fraction of sp³-hybridized carbons (Fsp3) is 0.310. The first-order chi connectivity index (χ1) is 16.7. The number of halogens is 1. The highest BCUT2D eigenvalue weighted by Crippen LogP contribution is 2.22. The Kier molecular flexibility index (Phi) is 9.49. The zero-order valence-electron chi connectivity index (χ0n) is 20.8. The third-order valence-corrected chi connectivity index (χ3v) is 6.40. The van der Waals surface area contributed by atoms with E-state index in [1.165, 1.54) is 0 Å². The highest BCUT2D eigenvalue weighted by molar-refractivity contribution is 9.10. The standard InChI is InChI=1S/C29H33BrN2O3/c1-20(2)31-29(34)26(17-23-10-6-5-7-11-23)32(18-24-13-15-25(30)16-14-24)28(33)19-35-27-12-8-9-21(3)22(27)4/h5-16,20,26H,17-19H2,1-4H3,(H,31,34).